The maximum Gasteiger partial charge on any atom is 0.276 e. The van der Waals surface area contributed by atoms with E-state index in [1.807, 2.05) is 0 Å². The summed E-state index contributed by atoms with van der Waals surface area (Å²) in [5.41, 5.74) is 0.562. The summed E-state index contributed by atoms with van der Waals surface area (Å²) in [7, 11) is 0. The average molecular weight is 237 g/mol. The van der Waals surface area contributed by atoms with Crippen LogP contribution in [-0.2, 0) is 0 Å². The Morgan fingerprint density at radius 1 is 1.47 bits per heavy atom. The molecule has 2 unspecified atom stereocenters. The van der Waals surface area contributed by atoms with Gasteiger partial charge in [-0.3, -0.25) is 10.1 Å². The molecule has 0 amide bonds. The highest BCUT2D eigenvalue weighted by Crippen LogP contribution is 2.31. The summed E-state index contributed by atoms with van der Waals surface area (Å²) in [6.45, 7) is 1.66. The van der Waals surface area contributed by atoms with Crippen LogP contribution in [0.15, 0.2) is 18.2 Å². The van der Waals surface area contributed by atoms with Gasteiger partial charge in [-0.15, -0.1) is 0 Å². The standard InChI is InChI=1S/C12H15NO4/c1-8-9(13(15)16)4-2-6-11(8)17-12-7-3-5-10(12)14/h2,4,6,10,12,14H,3,5,7H2,1H3. The minimum Gasteiger partial charge on any atom is -0.487 e. The lowest BCUT2D eigenvalue weighted by atomic mass is 10.1. The van der Waals surface area contributed by atoms with Gasteiger partial charge in [-0.05, 0) is 32.3 Å². The highest BCUT2D eigenvalue weighted by Gasteiger charge is 2.28. The molecule has 1 fully saturated rings. The molecule has 17 heavy (non-hydrogen) atoms. The topological polar surface area (TPSA) is 72.6 Å². The molecule has 1 aliphatic rings. The van der Waals surface area contributed by atoms with E-state index in [4.69, 9.17) is 4.74 Å². The van der Waals surface area contributed by atoms with Gasteiger partial charge in [-0.2, -0.15) is 0 Å². The van der Waals surface area contributed by atoms with Crippen molar-refractivity contribution in [2.75, 3.05) is 0 Å². The SMILES string of the molecule is Cc1c(OC2CCCC2O)cccc1[N+](=O)[O-]. The quantitative estimate of drug-likeness (QED) is 0.646. The molecule has 0 heterocycles. The first-order chi connectivity index (χ1) is 8.09. The zero-order chi connectivity index (χ0) is 12.4. The van der Waals surface area contributed by atoms with E-state index in [-0.39, 0.29) is 11.8 Å². The Kier molecular flexibility index (Phi) is 3.28. The molecular weight excluding hydrogens is 222 g/mol. The number of nitrogens with zero attached hydrogens (tertiary/aromatic N) is 1. The molecule has 5 heteroatoms. The summed E-state index contributed by atoms with van der Waals surface area (Å²) >= 11 is 0. The smallest absolute Gasteiger partial charge is 0.276 e. The van der Waals surface area contributed by atoms with Crippen LogP contribution in [0.2, 0.25) is 0 Å². The molecule has 0 saturated heterocycles. The molecule has 0 aromatic heterocycles. The van der Waals surface area contributed by atoms with Crippen LogP contribution in [0.5, 0.6) is 5.75 Å². The van der Waals surface area contributed by atoms with E-state index in [0.29, 0.717) is 11.3 Å². The Hall–Kier alpha value is -1.62. The van der Waals surface area contributed by atoms with Crippen molar-refractivity contribution in [1.29, 1.82) is 0 Å². The molecule has 0 aliphatic heterocycles. The van der Waals surface area contributed by atoms with E-state index in [9.17, 15) is 15.2 Å². The summed E-state index contributed by atoms with van der Waals surface area (Å²) < 4.78 is 5.65. The van der Waals surface area contributed by atoms with Crippen LogP contribution in [0.4, 0.5) is 5.69 Å². The van der Waals surface area contributed by atoms with Gasteiger partial charge in [-0.1, -0.05) is 6.07 Å². The molecular formula is C12H15NO4. The molecule has 5 nitrogen and oxygen atoms in total. The fourth-order valence-corrected chi connectivity index (χ4v) is 2.14. The predicted octanol–water partition coefficient (Wildman–Crippen LogP) is 2.20. The Labute approximate surface area is 99.2 Å². The van der Waals surface area contributed by atoms with Gasteiger partial charge in [0.1, 0.15) is 11.9 Å². The summed E-state index contributed by atoms with van der Waals surface area (Å²) in [5, 5.41) is 20.4. The van der Waals surface area contributed by atoms with Crippen LogP contribution < -0.4 is 4.74 Å². The summed E-state index contributed by atoms with van der Waals surface area (Å²) in [5.74, 6) is 0.491. The van der Waals surface area contributed by atoms with Crippen LogP contribution in [0.25, 0.3) is 0 Å². The van der Waals surface area contributed by atoms with Crippen molar-refractivity contribution in [2.24, 2.45) is 0 Å². The maximum atomic E-state index is 10.8. The van der Waals surface area contributed by atoms with Crippen molar-refractivity contribution in [3.05, 3.63) is 33.9 Å². The molecule has 2 atom stereocenters. The van der Waals surface area contributed by atoms with Gasteiger partial charge in [-0.25, -0.2) is 0 Å². The Morgan fingerprint density at radius 2 is 2.24 bits per heavy atom. The van der Waals surface area contributed by atoms with Crippen molar-refractivity contribution in [1.82, 2.24) is 0 Å². The minimum absolute atomic E-state index is 0.0509. The first-order valence-electron chi connectivity index (χ1n) is 5.68. The second kappa shape index (κ2) is 4.71. The third-order valence-electron chi connectivity index (χ3n) is 3.15. The zero-order valence-electron chi connectivity index (χ0n) is 9.63. The van der Waals surface area contributed by atoms with E-state index in [0.717, 1.165) is 19.3 Å². The Bertz CT molecular complexity index is 433. The average Bonchev–Trinajstić information content (AvgIpc) is 2.67. The Morgan fingerprint density at radius 3 is 2.82 bits per heavy atom. The summed E-state index contributed by atoms with van der Waals surface area (Å²) in [6.07, 6.45) is 1.76. The van der Waals surface area contributed by atoms with Crippen molar-refractivity contribution in [3.8, 4) is 5.75 Å². The minimum atomic E-state index is -0.464. The maximum absolute atomic E-state index is 10.8. The van der Waals surface area contributed by atoms with Crippen LogP contribution in [0, 0.1) is 17.0 Å². The Balaban J connectivity index is 2.21. The van der Waals surface area contributed by atoms with Crippen molar-refractivity contribution >= 4 is 5.69 Å². The van der Waals surface area contributed by atoms with Crippen molar-refractivity contribution in [2.45, 2.75) is 38.4 Å². The fourth-order valence-electron chi connectivity index (χ4n) is 2.14. The van der Waals surface area contributed by atoms with Crippen LogP contribution >= 0.6 is 0 Å². The largest absolute Gasteiger partial charge is 0.487 e. The lowest BCUT2D eigenvalue weighted by Crippen LogP contribution is -2.25. The zero-order valence-corrected chi connectivity index (χ0v) is 9.63. The molecule has 1 aromatic rings. The molecule has 0 radical (unpaired) electrons. The van der Waals surface area contributed by atoms with Crippen molar-refractivity contribution < 1.29 is 14.8 Å². The number of aliphatic hydroxyl groups excluding tert-OH is 1. The normalized spacial score (nSPS) is 23.6. The first kappa shape index (κ1) is 11.9. The third kappa shape index (κ3) is 2.39. The number of benzene rings is 1. The van der Waals surface area contributed by atoms with E-state index in [1.165, 1.54) is 6.07 Å². The molecule has 1 N–H and O–H groups in total. The first-order valence-corrected chi connectivity index (χ1v) is 5.68. The van der Waals surface area contributed by atoms with Gasteiger partial charge in [0, 0.05) is 6.07 Å². The fraction of sp³-hybridized carbons (Fsp3) is 0.500. The number of aliphatic hydroxyl groups is 1. The summed E-state index contributed by atoms with van der Waals surface area (Å²) in [6, 6.07) is 4.75. The van der Waals surface area contributed by atoms with Gasteiger partial charge < -0.3 is 9.84 Å². The lowest BCUT2D eigenvalue weighted by molar-refractivity contribution is -0.385. The number of nitro benzene ring substituents is 1. The van der Waals surface area contributed by atoms with Gasteiger partial charge in [0.05, 0.1) is 16.6 Å². The predicted molar refractivity (Wildman–Crippen MR) is 62.1 cm³/mol. The second-order valence-corrected chi connectivity index (χ2v) is 4.31. The summed E-state index contributed by atoms with van der Waals surface area (Å²) in [4.78, 5) is 10.4. The highest BCUT2D eigenvalue weighted by atomic mass is 16.6. The third-order valence-corrected chi connectivity index (χ3v) is 3.15. The molecule has 1 saturated carbocycles. The number of ether oxygens (including phenoxy) is 1. The van der Waals surface area contributed by atoms with Crippen LogP contribution in [0.3, 0.4) is 0 Å². The van der Waals surface area contributed by atoms with Gasteiger partial charge in [0.2, 0.25) is 0 Å². The lowest BCUT2D eigenvalue weighted by Gasteiger charge is -2.18. The number of hydrogen-bond acceptors (Lipinski definition) is 4. The number of hydrogen-bond donors (Lipinski definition) is 1. The van der Waals surface area contributed by atoms with Crippen LogP contribution in [0.1, 0.15) is 24.8 Å². The van der Waals surface area contributed by atoms with Crippen LogP contribution in [-0.4, -0.2) is 22.2 Å². The van der Waals surface area contributed by atoms with Gasteiger partial charge in [0.25, 0.3) is 5.69 Å². The van der Waals surface area contributed by atoms with E-state index >= 15 is 0 Å². The highest BCUT2D eigenvalue weighted by molar-refractivity contribution is 5.48. The van der Waals surface area contributed by atoms with E-state index < -0.39 is 11.0 Å². The second-order valence-electron chi connectivity index (χ2n) is 4.31. The van der Waals surface area contributed by atoms with Crippen molar-refractivity contribution in [3.63, 3.8) is 0 Å². The number of rotatable bonds is 3. The van der Waals surface area contributed by atoms with Gasteiger partial charge in [0.15, 0.2) is 0 Å². The molecule has 1 aromatic carbocycles. The van der Waals surface area contributed by atoms with Gasteiger partial charge >= 0.3 is 0 Å². The molecule has 92 valence electrons. The van der Waals surface area contributed by atoms with E-state index in [2.05, 4.69) is 0 Å². The van der Waals surface area contributed by atoms with E-state index in [1.54, 1.807) is 19.1 Å². The molecule has 0 bridgehead atoms. The number of nitro groups is 1. The molecule has 1 aliphatic carbocycles. The molecule has 2 rings (SSSR count). The molecule has 0 spiro atoms. The monoisotopic (exact) mass is 237 g/mol.